The molecule has 0 unspecified atom stereocenters. The molecule has 0 atom stereocenters. The Morgan fingerprint density at radius 1 is 0.400 bits per heavy atom. The molecule has 6 aromatic heterocycles. The SMILES string of the molecule is c1cnc2cncc(-n3c4ccccc4c4c5c6ccccc6n(-c6cncc7ncccc67)c5ccc43)c2c1. The van der Waals surface area contributed by atoms with Gasteiger partial charge in [-0.15, -0.1) is 0 Å². The van der Waals surface area contributed by atoms with Crippen LogP contribution in [0, 0.1) is 0 Å². The Morgan fingerprint density at radius 3 is 1.35 bits per heavy atom. The molecular weight excluding hydrogens is 492 g/mol. The van der Waals surface area contributed by atoms with E-state index in [-0.39, 0.29) is 0 Å². The number of hydrogen-bond acceptors (Lipinski definition) is 4. The first kappa shape index (κ1) is 21.3. The fourth-order valence-electron chi connectivity index (χ4n) is 6.36. The highest BCUT2D eigenvalue weighted by Crippen LogP contribution is 2.43. The van der Waals surface area contributed by atoms with Crippen LogP contribution in [0.25, 0.3) is 76.8 Å². The number of hydrogen-bond donors (Lipinski definition) is 0. The summed E-state index contributed by atoms with van der Waals surface area (Å²) < 4.78 is 4.66. The monoisotopic (exact) mass is 512 g/mol. The molecule has 6 heterocycles. The van der Waals surface area contributed by atoms with Crippen molar-refractivity contribution in [3.8, 4) is 11.4 Å². The molecule has 0 saturated carbocycles. The molecule has 40 heavy (non-hydrogen) atoms. The Balaban J connectivity index is 1.50. The molecule has 0 spiro atoms. The van der Waals surface area contributed by atoms with E-state index in [0.717, 1.165) is 55.2 Å². The Kier molecular flexibility index (Phi) is 4.24. The first-order chi connectivity index (χ1) is 19.9. The van der Waals surface area contributed by atoms with Crippen molar-refractivity contribution in [2.24, 2.45) is 0 Å². The highest BCUT2D eigenvalue weighted by atomic mass is 15.0. The molecule has 0 aliphatic rings. The van der Waals surface area contributed by atoms with E-state index in [0.29, 0.717) is 0 Å². The van der Waals surface area contributed by atoms with Crippen molar-refractivity contribution >= 4 is 65.4 Å². The van der Waals surface area contributed by atoms with E-state index in [1.54, 1.807) is 0 Å². The molecule has 0 aliphatic heterocycles. The van der Waals surface area contributed by atoms with Gasteiger partial charge < -0.3 is 9.13 Å². The summed E-state index contributed by atoms with van der Waals surface area (Å²) in [7, 11) is 0. The second kappa shape index (κ2) is 7.94. The van der Waals surface area contributed by atoms with Crippen LogP contribution < -0.4 is 0 Å². The van der Waals surface area contributed by atoms with Gasteiger partial charge in [-0.05, 0) is 48.5 Å². The normalized spacial score (nSPS) is 12.0. The second-order valence-corrected chi connectivity index (χ2v) is 10.0. The fraction of sp³-hybridized carbons (Fsp3) is 0. The summed E-state index contributed by atoms with van der Waals surface area (Å²) in [5, 5.41) is 6.97. The van der Waals surface area contributed by atoms with Gasteiger partial charge in [-0.2, -0.15) is 0 Å². The number of pyridine rings is 4. The van der Waals surface area contributed by atoms with Gasteiger partial charge in [0.1, 0.15) is 0 Å². The van der Waals surface area contributed by atoms with Crippen molar-refractivity contribution < 1.29 is 0 Å². The van der Waals surface area contributed by atoms with Gasteiger partial charge in [-0.1, -0.05) is 36.4 Å². The number of aromatic nitrogens is 6. The largest absolute Gasteiger partial charge is 0.307 e. The average molecular weight is 513 g/mol. The van der Waals surface area contributed by atoms with Crippen molar-refractivity contribution in [3.05, 3.63) is 122 Å². The molecule has 0 N–H and O–H groups in total. The van der Waals surface area contributed by atoms with Crippen LogP contribution in [0.5, 0.6) is 0 Å². The van der Waals surface area contributed by atoms with Gasteiger partial charge in [0.05, 0.1) is 69.3 Å². The molecular formula is C34H20N6. The van der Waals surface area contributed by atoms with E-state index in [9.17, 15) is 0 Å². The zero-order chi connectivity index (χ0) is 26.2. The summed E-state index contributed by atoms with van der Waals surface area (Å²) in [5.74, 6) is 0. The maximum atomic E-state index is 4.57. The molecule has 0 amide bonds. The lowest BCUT2D eigenvalue weighted by Gasteiger charge is -2.11. The Morgan fingerprint density at radius 2 is 0.850 bits per heavy atom. The zero-order valence-corrected chi connectivity index (χ0v) is 21.2. The van der Waals surface area contributed by atoms with E-state index in [1.165, 1.54) is 21.5 Å². The molecule has 3 aromatic carbocycles. The Labute approximate surface area is 227 Å². The number of benzene rings is 3. The van der Waals surface area contributed by atoms with Gasteiger partial charge in [-0.25, -0.2) is 0 Å². The molecule has 0 radical (unpaired) electrons. The summed E-state index contributed by atoms with van der Waals surface area (Å²) in [6.45, 7) is 0. The first-order valence-electron chi connectivity index (χ1n) is 13.2. The van der Waals surface area contributed by atoms with E-state index in [1.807, 2.05) is 49.3 Å². The van der Waals surface area contributed by atoms with Crippen LogP contribution in [0.15, 0.2) is 122 Å². The Hall–Kier alpha value is -5.62. The van der Waals surface area contributed by atoms with Crippen LogP contribution in [0.1, 0.15) is 0 Å². The summed E-state index contributed by atoms with van der Waals surface area (Å²) in [6.07, 6.45) is 11.2. The van der Waals surface area contributed by atoms with Crippen LogP contribution >= 0.6 is 0 Å². The lowest BCUT2D eigenvalue weighted by atomic mass is 10.1. The minimum atomic E-state index is 0.876. The third-order valence-electron chi connectivity index (χ3n) is 7.97. The first-order valence-corrected chi connectivity index (χ1v) is 13.2. The van der Waals surface area contributed by atoms with Gasteiger partial charge in [0, 0.05) is 44.7 Å². The molecule has 0 saturated heterocycles. The maximum absolute atomic E-state index is 4.57. The van der Waals surface area contributed by atoms with Crippen LogP contribution in [0.2, 0.25) is 0 Å². The summed E-state index contributed by atoms with van der Waals surface area (Å²) in [5.41, 5.74) is 8.32. The second-order valence-electron chi connectivity index (χ2n) is 10.0. The smallest absolute Gasteiger partial charge is 0.0906 e. The van der Waals surface area contributed by atoms with Gasteiger partial charge >= 0.3 is 0 Å². The topological polar surface area (TPSA) is 61.4 Å². The van der Waals surface area contributed by atoms with Crippen LogP contribution in [0.3, 0.4) is 0 Å². The number of rotatable bonds is 2. The summed E-state index contributed by atoms with van der Waals surface area (Å²) in [4.78, 5) is 18.3. The van der Waals surface area contributed by atoms with Crippen molar-refractivity contribution in [1.82, 2.24) is 29.1 Å². The molecule has 0 bridgehead atoms. The molecule has 6 heteroatoms. The van der Waals surface area contributed by atoms with Crippen molar-refractivity contribution in [1.29, 1.82) is 0 Å². The highest BCUT2D eigenvalue weighted by Gasteiger charge is 2.21. The van der Waals surface area contributed by atoms with Gasteiger partial charge in [0.2, 0.25) is 0 Å². The van der Waals surface area contributed by atoms with Crippen LogP contribution in [-0.4, -0.2) is 29.1 Å². The highest BCUT2D eigenvalue weighted by molar-refractivity contribution is 6.29. The maximum Gasteiger partial charge on any atom is 0.0906 e. The predicted molar refractivity (Wildman–Crippen MR) is 161 cm³/mol. The molecule has 9 aromatic rings. The van der Waals surface area contributed by atoms with Crippen molar-refractivity contribution in [2.75, 3.05) is 0 Å². The van der Waals surface area contributed by atoms with Crippen molar-refractivity contribution in [3.63, 3.8) is 0 Å². The van der Waals surface area contributed by atoms with E-state index < -0.39 is 0 Å². The van der Waals surface area contributed by atoms with Crippen LogP contribution in [0.4, 0.5) is 0 Å². The molecule has 9 rings (SSSR count). The summed E-state index contributed by atoms with van der Waals surface area (Å²) in [6, 6.07) is 29.9. The van der Waals surface area contributed by atoms with E-state index in [4.69, 9.17) is 0 Å². The third-order valence-corrected chi connectivity index (χ3v) is 7.97. The van der Waals surface area contributed by atoms with Gasteiger partial charge in [0.25, 0.3) is 0 Å². The fourth-order valence-corrected chi connectivity index (χ4v) is 6.36. The minimum absolute atomic E-state index is 0.876. The number of para-hydroxylation sites is 2. The minimum Gasteiger partial charge on any atom is -0.307 e. The lowest BCUT2D eigenvalue weighted by molar-refractivity contribution is 1.15. The quantitative estimate of drug-likeness (QED) is 0.237. The molecule has 0 fully saturated rings. The summed E-state index contributed by atoms with van der Waals surface area (Å²) >= 11 is 0. The standard InChI is InChI=1S/C34H20N6/c1-3-11-27-23(7-1)33-29(39(27)31-19-35-17-25-21(31)9-5-15-37-25)13-14-30-34(33)24-8-2-4-12-28(24)40(30)32-20-36-18-26-22(32)10-6-16-38-26/h1-20H. The van der Waals surface area contributed by atoms with E-state index in [2.05, 4.69) is 102 Å². The Bertz CT molecular complexity index is 2270. The third kappa shape index (κ3) is 2.77. The van der Waals surface area contributed by atoms with E-state index >= 15 is 0 Å². The van der Waals surface area contributed by atoms with Crippen molar-refractivity contribution in [2.45, 2.75) is 0 Å². The zero-order valence-electron chi connectivity index (χ0n) is 21.2. The lowest BCUT2D eigenvalue weighted by Crippen LogP contribution is -1.98. The molecule has 0 aliphatic carbocycles. The van der Waals surface area contributed by atoms with Crippen LogP contribution in [-0.2, 0) is 0 Å². The van der Waals surface area contributed by atoms with Gasteiger partial charge in [-0.3, -0.25) is 19.9 Å². The molecule has 6 nitrogen and oxygen atoms in total. The number of nitrogens with zero attached hydrogens (tertiary/aromatic N) is 6. The molecule has 186 valence electrons. The predicted octanol–water partition coefficient (Wildman–Crippen LogP) is 7.77. The van der Waals surface area contributed by atoms with Gasteiger partial charge in [0.15, 0.2) is 0 Å². The average Bonchev–Trinajstić information content (AvgIpc) is 3.53. The number of fused-ring (bicyclic) bond motifs is 9.